The number of aromatic nitrogens is 1. The van der Waals surface area contributed by atoms with Gasteiger partial charge in [-0.3, -0.25) is 15.1 Å². The number of nitrogens with two attached hydrogens (primary N) is 1. The molecule has 0 fully saturated rings. The Balaban J connectivity index is 2.77. The van der Waals surface area contributed by atoms with Crippen molar-refractivity contribution in [1.29, 1.82) is 0 Å². The Hall–Kier alpha value is -1.53. The van der Waals surface area contributed by atoms with Crippen molar-refractivity contribution in [2.45, 2.75) is 12.8 Å². The van der Waals surface area contributed by atoms with Gasteiger partial charge in [-0.15, -0.1) is 0 Å². The van der Waals surface area contributed by atoms with E-state index in [0.717, 1.165) is 5.69 Å². The van der Waals surface area contributed by atoms with E-state index < -0.39 is 4.92 Å². The fourth-order valence-corrected chi connectivity index (χ4v) is 1.03. The molecule has 14 heavy (non-hydrogen) atoms. The molecular formula is C8H11N3O3. The van der Waals surface area contributed by atoms with Gasteiger partial charge in [0.25, 0.3) is 5.69 Å². The van der Waals surface area contributed by atoms with Crippen LogP contribution in [0.15, 0.2) is 18.3 Å². The molecule has 1 rings (SSSR count). The second-order valence-corrected chi connectivity index (χ2v) is 2.93. The Morgan fingerprint density at radius 2 is 2.43 bits per heavy atom. The highest BCUT2D eigenvalue weighted by molar-refractivity contribution is 5.27. The lowest BCUT2D eigenvalue weighted by Gasteiger charge is -2.07. The monoisotopic (exact) mass is 197 g/mol. The van der Waals surface area contributed by atoms with E-state index in [9.17, 15) is 10.1 Å². The standard InChI is InChI=1S/C8H11N3O3/c1-6(5-14-9)8-3-2-7(4-10-8)11(12)13/h2-4,6H,5,9H2,1H3. The van der Waals surface area contributed by atoms with Crippen LogP contribution in [0.2, 0.25) is 0 Å². The highest BCUT2D eigenvalue weighted by Gasteiger charge is 2.10. The van der Waals surface area contributed by atoms with Crippen LogP contribution < -0.4 is 5.90 Å². The molecule has 0 aliphatic rings. The summed E-state index contributed by atoms with van der Waals surface area (Å²) in [5.74, 6) is 4.94. The Morgan fingerprint density at radius 1 is 1.71 bits per heavy atom. The Labute approximate surface area is 80.8 Å². The molecule has 0 aliphatic carbocycles. The largest absolute Gasteiger partial charge is 0.304 e. The first-order chi connectivity index (χ1) is 6.65. The van der Waals surface area contributed by atoms with E-state index in [1.807, 2.05) is 6.92 Å². The van der Waals surface area contributed by atoms with E-state index in [1.54, 1.807) is 6.07 Å². The molecule has 0 aromatic carbocycles. The van der Waals surface area contributed by atoms with Crippen LogP contribution in [0.25, 0.3) is 0 Å². The molecule has 76 valence electrons. The van der Waals surface area contributed by atoms with Crippen molar-refractivity contribution in [1.82, 2.24) is 4.98 Å². The molecule has 1 heterocycles. The Kier molecular flexibility index (Phi) is 3.49. The predicted molar refractivity (Wildman–Crippen MR) is 49.4 cm³/mol. The molecule has 1 atom stereocenters. The molecule has 6 heteroatoms. The zero-order chi connectivity index (χ0) is 10.6. The Morgan fingerprint density at radius 3 is 2.86 bits per heavy atom. The summed E-state index contributed by atoms with van der Waals surface area (Å²) in [6.45, 7) is 2.21. The number of nitrogens with zero attached hydrogens (tertiary/aromatic N) is 2. The van der Waals surface area contributed by atoms with Gasteiger partial charge in [-0.2, -0.15) is 0 Å². The second-order valence-electron chi connectivity index (χ2n) is 2.93. The lowest BCUT2D eigenvalue weighted by Crippen LogP contribution is -2.09. The lowest BCUT2D eigenvalue weighted by molar-refractivity contribution is -0.385. The van der Waals surface area contributed by atoms with Crippen molar-refractivity contribution >= 4 is 5.69 Å². The molecule has 0 saturated carbocycles. The molecule has 0 spiro atoms. The molecule has 0 amide bonds. The van der Waals surface area contributed by atoms with Crippen LogP contribution in [0.1, 0.15) is 18.5 Å². The zero-order valence-electron chi connectivity index (χ0n) is 7.71. The quantitative estimate of drug-likeness (QED) is 0.573. The van der Waals surface area contributed by atoms with E-state index in [2.05, 4.69) is 9.82 Å². The number of hydrogen-bond acceptors (Lipinski definition) is 5. The minimum Gasteiger partial charge on any atom is -0.304 e. The molecule has 0 bridgehead atoms. The van der Waals surface area contributed by atoms with Crippen LogP contribution in [0.5, 0.6) is 0 Å². The molecule has 0 saturated heterocycles. The van der Waals surface area contributed by atoms with Gasteiger partial charge < -0.3 is 4.84 Å². The fourth-order valence-electron chi connectivity index (χ4n) is 1.03. The summed E-state index contributed by atoms with van der Waals surface area (Å²) in [5.41, 5.74) is 0.704. The first-order valence-corrected chi connectivity index (χ1v) is 4.07. The van der Waals surface area contributed by atoms with E-state index in [1.165, 1.54) is 12.3 Å². The average molecular weight is 197 g/mol. The van der Waals surface area contributed by atoms with E-state index in [4.69, 9.17) is 5.90 Å². The van der Waals surface area contributed by atoms with Gasteiger partial charge in [-0.05, 0) is 6.07 Å². The summed E-state index contributed by atoms with van der Waals surface area (Å²) in [5, 5.41) is 10.3. The minimum absolute atomic E-state index is 0.0189. The maximum atomic E-state index is 10.3. The van der Waals surface area contributed by atoms with E-state index in [-0.39, 0.29) is 11.6 Å². The van der Waals surface area contributed by atoms with Crippen LogP contribution >= 0.6 is 0 Å². The smallest absolute Gasteiger partial charge is 0.287 e. The second kappa shape index (κ2) is 4.64. The van der Waals surface area contributed by atoms with Gasteiger partial charge in [0.2, 0.25) is 0 Å². The molecule has 0 aliphatic heterocycles. The molecular weight excluding hydrogens is 186 g/mol. The molecule has 0 radical (unpaired) electrons. The van der Waals surface area contributed by atoms with Crippen LogP contribution in [0.4, 0.5) is 5.69 Å². The average Bonchev–Trinajstić information content (AvgIpc) is 2.18. The zero-order valence-corrected chi connectivity index (χ0v) is 7.71. The Bertz CT molecular complexity index is 312. The summed E-state index contributed by atoms with van der Waals surface area (Å²) in [6.07, 6.45) is 1.22. The summed E-state index contributed by atoms with van der Waals surface area (Å²) in [6, 6.07) is 3.01. The SMILES string of the molecule is CC(CON)c1ccc([N+](=O)[O-])cn1. The van der Waals surface area contributed by atoms with Crippen molar-refractivity contribution in [2.75, 3.05) is 6.61 Å². The van der Waals surface area contributed by atoms with E-state index in [0.29, 0.717) is 6.61 Å². The summed E-state index contributed by atoms with van der Waals surface area (Å²) >= 11 is 0. The predicted octanol–water partition coefficient (Wildman–Crippen LogP) is 0.984. The van der Waals surface area contributed by atoms with Crippen LogP contribution in [0, 0.1) is 10.1 Å². The summed E-state index contributed by atoms with van der Waals surface area (Å²) in [4.78, 5) is 18.2. The first-order valence-electron chi connectivity index (χ1n) is 4.07. The summed E-state index contributed by atoms with van der Waals surface area (Å²) < 4.78 is 0. The van der Waals surface area contributed by atoms with Gasteiger partial charge in [0.1, 0.15) is 6.20 Å². The lowest BCUT2D eigenvalue weighted by atomic mass is 10.1. The van der Waals surface area contributed by atoms with Crippen LogP contribution in [-0.2, 0) is 4.84 Å². The van der Waals surface area contributed by atoms with Gasteiger partial charge in [0.15, 0.2) is 0 Å². The van der Waals surface area contributed by atoms with Crippen molar-refractivity contribution in [2.24, 2.45) is 5.90 Å². The van der Waals surface area contributed by atoms with Crippen LogP contribution in [0.3, 0.4) is 0 Å². The minimum atomic E-state index is -0.485. The highest BCUT2D eigenvalue weighted by atomic mass is 16.6. The third-order valence-corrected chi connectivity index (χ3v) is 1.83. The van der Waals surface area contributed by atoms with Crippen LogP contribution in [-0.4, -0.2) is 16.5 Å². The van der Waals surface area contributed by atoms with Crippen molar-refractivity contribution in [3.63, 3.8) is 0 Å². The number of pyridine rings is 1. The maximum absolute atomic E-state index is 10.3. The first kappa shape index (κ1) is 10.6. The molecule has 2 N–H and O–H groups in total. The maximum Gasteiger partial charge on any atom is 0.287 e. The number of rotatable bonds is 4. The van der Waals surface area contributed by atoms with Crippen molar-refractivity contribution < 1.29 is 9.76 Å². The molecule has 1 aromatic rings. The van der Waals surface area contributed by atoms with Crippen molar-refractivity contribution in [3.8, 4) is 0 Å². The summed E-state index contributed by atoms with van der Waals surface area (Å²) in [7, 11) is 0. The van der Waals surface area contributed by atoms with Gasteiger partial charge in [0, 0.05) is 17.7 Å². The van der Waals surface area contributed by atoms with Gasteiger partial charge >= 0.3 is 0 Å². The third kappa shape index (κ3) is 2.48. The third-order valence-electron chi connectivity index (χ3n) is 1.83. The molecule has 6 nitrogen and oxygen atoms in total. The van der Waals surface area contributed by atoms with Gasteiger partial charge in [0.05, 0.1) is 11.5 Å². The van der Waals surface area contributed by atoms with Gasteiger partial charge in [-0.25, -0.2) is 5.90 Å². The topological polar surface area (TPSA) is 91.3 Å². The highest BCUT2D eigenvalue weighted by Crippen LogP contribution is 2.15. The van der Waals surface area contributed by atoms with E-state index >= 15 is 0 Å². The number of nitro groups is 1. The normalized spacial score (nSPS) is 12.4. The van der Waals surface area contributed by atoms with Crippen molar-refractivity contribution in [3.05, 3.63) is 34.1 Å². The number of hydrogen-bond donors (Lipinski definition) is 1. The molecule has 1 aromatic heterocycles. The van der Waals surface area contributed by atoms with Gasteiger partial charge in [-0.1, -0.05) is 6.92 Å². The molecule has 1 unspecified atom stereocenters. The fraction of sp³-hybridized carbons (Fsp3) is 0.375.